The third-order valence-electron chi connectivity index (χ3n) is 2.72. The van der Waals surface area contributed by atoms with Gasteiger partial charge in [0.2, 0.25) is 5.91 Å². The average Bonchev–Trinajstić information content (AvgIpc) is 2.24. The maximum atomic E-state index is 11.7. The van der Waals surface area contributed by atoms with Gasteiger partial charge in [0.05, 0.1) is 6.07 Å². The molecule has 0 aliphatic heterocycles. The van der Waals surface area contributed by atoms with Crippen LogP contribution in [-0.4, -0.2) is 11.9 Å². The number of hydrogen-bond acceptors (Lipinski definition) is 2. The van der Waals surface area contributed by atoms with Crippen LogP contribution in [0.15, 0.2) is 0 Å². The molecule has 1 atom stereocenters. The van der Waals surface area contributed by atoms with Gasteiger partial charge in [-0.15, -0.1) is 0 Å². The third-order valence-corrected chi connectivity index (χ3v) is 2.72. The molecule has 3 heteroatoms. The number of amides is 1. The van der Waals surface area contributed by atoms with Crippen molar-refractivity contribution in [2.45, 2.75) is 65.8 Å². The van der Waals surface area contributed by atoms with E-state index in [0.717, 1.165) is 12.8 Å². The first kappa shape index (κ1) is 15.0. The van der Waals surface area contributed by atoms with Crippen LogP contribution in [-0.2, 0) is 4.79 Å². The Bertz CT molecular complexity index is 253. The van der Waals surface area contributed by atoms with Crippen molar-refractivity contribution in [3.63, 3.8) is 0 Å². The average molecular weight is 224 g/mol. The monoisotopic (exact) mass is 224 g/mol. The molecular formula is C13H24N2O. The van der Waals surface area contributed by atoms with Crippen molar-refractivity contribution in [2.75, 3.05) is 0 Å². The Kier molecular flexibility index (Phi) is 6.80. The Balaban J connectivity index is 3.84. The van der Waals surface area contributed by atoms with E-state index in [-0.39, 0.29) is 11.9 Å². The lowest BCUT2D eigenvalue weighted by molar-refractivity contribution is -0.127. The lowest BCUT2D eigenvalue weighted by Crippen LogP contribution is -2.41. The molecule has 0 saturated carbocycles. The maximum Gasteiger partial charge on any atom is 0.240 e. The highest BCUT2D eigenvalue weighted by Gasteiger charge is 2.27. The first-order chi connectivity index (χ1) is 7.44. The molecule has 0 aliphatic carbocycles. The van der Waals surface area contributed by atoms with E-state index in [2.05, 4.69) is 12.2 Å². The smallest absolute Gasteiger partial charge is 0.240 e. The van der Waals surface area contributed by atoms with Crippen molar-refractivity contribution in [1.29, 1.82) is 5.26 Å². The van der Waals surface area contributed by atoms with Crippen LogP contribution in [0.3, 0.4) is 0 Å². The van der Waals surface area contributed by atoms with Crippen LogP contribution in [0, 0.1) is 16.7 Å². The summed E-state index contributed by atoms with van der Waals surface area (Å²) in [5.41, 5.74) is -0.919. The minimum atomic E-state index is -0.919. The van der Waals surface area contributed by atoms with Gasteiger partial charge in [0.1, 0.15) is 5.41 Å². The topological polar surface area (TPSA) is 52.9 Å². The number of nitrogens with zero attached hydrogens (tertiary/aromatic N) is 1. The summed E-state index contributed by atoms with van der Waals surface area (Å²) in [4.78, 5) is 11.7. The molecule has 16 heavy (non-hydrogen) atoms. The summed E-state index contributed by atoms with van der Waals surface area (Å²) < 4.78 is 0. The van der Waals surface area contributed by atoms with E-state index in [1.807, 2.05) is 13.0 Å². The first-order valence-corrected chi connectivity index (χ1v) is 6.16. The van der Waals surface area contributed by atoms with Gasteiger partial charge in [0.25, 0.3) is 0 Å². The van der Waals surface area contributed by atoms with Crippen LogP contribution in [0.2, 0.25) is 0 Å². The second kappa shape index (κ2) is 7.27. The van der Waals surface area contributed by atoms with Crippen molar-refractivity contribution in [3.05, 3.63) is 0 Å². The molecule has 0 aromatic rings. The number of carbonyl (C=O) groups is 1. The number of nitriles is 1. The molecule has 92 valence electrons. The number of nitrogens with one attached hydrogen (secondary N) is 1. The van der Waals surface area contributed by atoms with E-state index in [1.54, 1.807) is 13.8 Å². The summed E-state index contributed by atoms with van der Waals surface area (Å²) in [6.45, 7) is 7.47. The molecule has 0 fully saturated rings. The van der Waals surface area contributed by atoms with E-state index in [4.69, 9.17) is 5.26 Å². The van der Waals surface area contributed by atoms with Crippen molar-refractivity contribution in [1.82, 2.24) is 5.32 Å². The summed E-state index contributed by atoms with van der Waals surface area (Å²) >= 11 is 0. The zero-order valence-corrected chi connectivity index (χ0v) is 11.0. The van der Waals surface area contributed by atoms with Crippen LogP contribution in [0.25, 0.3) is 0 Å². The summed E-state index contributed by atoms with van der Waals surface area (Å²) in [7, 11) is 0. The van der Waals surface area contributed by atoms with Gasteiger partial charge in [-0.05, 0) is 27.2 Å². The van der Waals surface area contributed by atoms with Crippen molar-refractivity contribution in [2.24, 2.45) is 5.41 Å². The van der Waals surface area contributed by atoms with Gasteiger partial charge in [-0.25, -0.2) is 0 Å². The molecule has 0 aromatic heterocycles. The third kappa shape index (κ3) is 5.75. The Morgan fingerprint density at radius 1 is 1.38 bits per heavy atom. The zero-order valence-electron chi connectivity index (χ0n) is 11.0. The van der Waals surface area contributed by atoms with Gasteiger partial charge >= 0.3 is 0 Å². The zero-order chi connectivity index (χ0) is 12.6. The minimum Gasteiger partial charge on any atom is -0.352 e. The summed E-state index contributed by atoms with van der Waals surface area (Å²) in [6, 6.07) is 2.17. The van der Waals surface area contributed by atoms with Gasteiger partial charge in [-0.1, -0.05) is 32.6 Å². The number of rotatable bonds is 7. The molecule has 1 amide bonds. The van der Waals surface area contributed by atoms with E-state index in [9.17, 15) is 4.79 Å². The van der Waals surface area contributed by atoms with Crippen LogP contribution in [0.1, 0.15) is 59.8 Å². The molecule has 0 spiro atoms. The molecule has 1 unspecified atom stereocenters. The Hall–Kier alpha value is -1.04. The van der Waals surface area contributed by atoms with Crippen LogP contribution in [0.4, 0.5) is 0 Å². The second-order valence-electron chi connectivity index (χ2n) is 4.96. The standard InChI is InChI=1S/C13H24N2O/c1-5-6-7-8-9-11(2)15-12(16)13(3,4)10-14/h11H,5-9H2,1-4H3,(H,15,16). The van der Waals surface area contributed by atoms with E-state index in [1.165, 1.54) is 19.3 Å². The highest BCUT2D eigenvalue weighted by molar-refractivity contribution is 5.84. The van der Waals surface area contributed by atoms with Gasteiger partial charge in [0.15, 0.2) is 0 Å². The molecule has 0 saturated heterocycles. The fourth-order valence-corrected chi connectivity index (χ4v) is 1.40. The Morgan fingerprint density at radius 2 is 2.00 bits per heavy atom. The Labute approximate surface area is 99.2 Å². The largest absolute Gasteiger partial charge is 0.352 e. The number of carbonyl (C=O) groups excluding carboxylic acids is 1. The molecule has 0 aromatic carbocycles. The van der Waals surface area contributed by atoms with E-state index >= 15 is 0 Å². The Morgan fingerprint density at radius 3 is 2.50 bits per heavy atom. The van der Waals surface area contributed by atoms with E-state index < -0.39 is 5.41 Å². The van der Waals surface area contributed by atoms with E-state index in [0.29, 0.717) is 0 Å². The summed E-state index contributed by atoms with van der Waals surface area (Å²) in [5, 5.41) is 11.7. The first-order valence-electron chi connectivity index (χ1n) is 6.16. The molecular weight excluding hydrogens is 200 g/mol. The predicted octanol–water partition coefficient (Wildman–Crippen LogP) is 3.01. The van der Waals surface area contributed by atoms with Crippen LogP contribution in [0.5, 0.6) is 0 Å². The second-order valence-corrected chi connectivity index (χ2v) is 4.96. The van der Waals surface area contributed by atoms with Crippen LogP contribution < -0.4 is 5.32 Å². The highest BCUT2D eigenvalue weighted by Crippen LogP contribution is 2.14. The minimum absolute atomic E-state index is 0.164. The maximum absolute atomic E-state index is 11.7. The van der Waals surface area contributed by atoms with Crippen molar-refractivity contribution in [3.8, 4) is 6.07 Å². The van der Waals surface area contributed by atoms with Crippen LogP contribution >= 0.6 is 0 Å². The number of hydrogen-bond donors (Lipinski definition) is 1. The molecule has 3 nitrogen and oxygen atoms in total. The van der Waals surface area contributed by atoms with Gasteiger partial charge in [-0.3, -0.25) is 4.79 Å². The highest BCUT2D eigenvalue weighted by atomic mass is 16.2. The lowest BCUT2D eigenvalue weighted by atomic mass is 9.94. The fraction of sp³-hybridized carbons (Fsp3) is 0.846. The fourth-order valence-electron chi connectivity index (χ4n) is 1.40. The SMILES string of the molecule is CCCCCCC(C)NC(=O)C(C)(C)C#N. The number of unbranched alkanes of at least 4 members (excludes halogenated alkanes) is 3. The predicted molar refractivity (Wildman–Crippen MR) is 65.8 cm³/mol. The molecule has 1 N–H and O–H groups in total. The van der Waals surface area contributed by atoms with Gasteiger partial charge in [0, 0.05) is 6.04 Å². The molecule has 0 rings (SSSR count). The molecule has 0 radical (unpaired) electrons. The van der Waals surface area contributed by atoms with Crippen molar-refractivity contribution < 1.29 is 4.79 Å². The van der Waals surface area contributed by atoms with Gasteiger partial charge < -0.3 is 5.32 Å². The molecule has 0 aliphatic rings. The van der Waals surface area contributed by atoms with Gasteiger partial charge in [-0.2, -0.15) is 5.26 Å². The quantitative estimate of drug-likeness (QED) is 0.676. The molecule has 0 heterocycles. The summed E-state index contributed by atoms with van der Waals surface area (Å²) in [5.74, 6) is -0.169. The summed E-state index contributed by atoms with van der Waals surface area (Å²) in [6.07, 6.45) is 5.83. The lowest BCUT2D eigenvalue weighted by Gasteiger charge is -2.19. The van der Waals surface area contributed by atoms with Crippen molar-refractivity contribution >= 4 is 5.91 Å². The normalized spacial score (nSPS) is 12.9. The molecule has 0 bridgehead atoms.